The molecule has 0 radical (unpaired) electrons. The highest BCUT2D eigenvalue weighted by atomic mass is 32.2. The molecule has 0 spiro atoms. The molecule has 6 nitrogen and oxygen atoms in total. The smallest absolute Gasteiger partial charge is 0.242 e. The predicted molar refractivity (Wildman–Crippen MR) is 81.1 cm³/mol. The van der Waals surface area contributed by atoms with Crippen molar-refractivity contribution in [2.24, 2.45) is 0 Å². The summed E-state index contributed by atoms with van der Waals surface area (Å²) in [5, 5.41) is 12.5. The summed E-state index contributed by atoms with van der Waals surface area (Å²) in [5.74, 6) is 0. The van der Waals surface area contributed by atoms with Crippen molar-refractivity contribution >= 4 is 21.4 Å². The second-order valence-corrected chi connectivity index (χ2v) is 7.39. The van der Waals surface area contributed by atoms with Gasteiger partial charge in [0, 0.05) is 14.1 Å². The van der Waals surface area contributed by atoms with Crippen LogP contribution in [0.15, 0.2) is 23.1 Å². The monoisotopic (exact) mass is 301 g/mol. The Hall–Kier alpha value is -1.31. The Morgan fingerprint density at radius 2 is 2.00 bits per heavy atom. The van der Waals surface area contributed by atoms with Gasteiger partial charge in [0.2, 0.25) is 10.0 Å². The van der Waals surface area contributed by atoms with Crippen LogP contribution < -0.4 is 11.1 Å². The van der Waals surface area contributed by atoms with E-state index in [0.717, 1.165) is 4.31 Å². The van der Waals surface area contributed by atoms with Crippen molar-refractivity contribution in [3.05, 3.63) is 18.2 Å². The molecule has 1 aromatic rings. The van der Waals surface area contributed by atoms with E-state index in [1.54, 1.807) is 6.07 Å². The van der Waals surface area contributed by atoms with E-state index in [-0.39, 0.29) is 11.5 Å². The highest BCUT2D eigenvalue weighted by Gasteiger charge is 2.23. The van der Waals surface area contributed by atoms with Crippen LogP contribution in [0.1, 0.15) is 20.3 Å². The Morgan fingerprint density at radius 3 is 2.40 bits per heavy atom. The summed E-state index contributed by atoms with van der Waals surface area (Å²) in [5.41, 5.74) is 6.36. The van der Waals surface area contributed by atoms with E-state index in [1.807, 2.05) is 13.8 Å². The van der Waals surface area contributed by atoms with Crippen LogP contribution in [-0.4, -0.2) is 44.1 Å². The van der Waals surface area contributed by atoms with Gasteiger partial charge in [-0.25, -0.2) is 12.7 Å². The van der Waals surface area contributed by atoms with Crippen molar-refractivity contribution in [1.82, 2.24) is 4.31 Å². The van der Waals surface area contributed by atoms with Crippen molar-refractivity contribution in [2.75, 3.05) is 31.8 Å². The largest absolute Gasteiger partial charge is 0.397 e. The van der Waals surface area contributed by atoms with Crippen LogP contribution in [0.2, 0.25) is 0 Å². The van der Waals surface area contributed by atoms with Crippen LogP contribution in [0.5, 0.6) is 0 Å². The molecule has 1 atom stereocenters. The SMILES string of the molecule is CCC(C)(CO)Nc1ccc(S(=O)(=O)N(C)C)cc1N. The minimum absolute atomic E-state index is 0.0410. The van der Waals surface area contributed by atoms with E-state index in [0.29, 0.717) is 17.8 Å². The third-order valence-corrected chi connectivity index (χ3v) is 5.18. The molecule has 1 rings (SSSR count). The van der Waals surface area contributed by atoms with E-state index in [1.165, 1.54) is 26.2 Å². The Labute approximate surface area is 120 Å². The standard InChI is InChI=1S/C13H23N3O3S/c1-5-13(2,9-17)15-12-7-6-10(8-11(12)14)20(18,19)16(3)4/h6-8,15,17H,5,9,14H2,1-4H3. The quantitative estimate of drug-likeness (QED) is 0.684. The maximum Gasteiger partial charge on any atom is 0.242 e. The molecule has 0 bridgehead atoms. The molecular weight excluding hydrogens is 278 g/mol. The first-order chi connectivity index (χ1) is 9.16. The molecule has 20 heavy (non-hydrogen) atoms. The molecular formula is C13H23N3O3S. The minimum atomic E-state index is -3.49. The number of nitrogens with one attached hydrogen (secondary N) is 1. The zero-order valence-electron chi connectivity index (χ0n) is 12.3. The van der Waals surface area contributed by atoms with Crippen LogP contribution >= 0.6 is 0 Å². The molecule has 114 valence electrons. The van der Waals surface area contributed by atoms with E-state index < -0.39 is 15.6 Å². The van der Waals surface area contributed by atoms with Gasteiger partial charge < -0.3 is 16.2 Å². The Morgan fingerprint density at radius 1 is 1.40 bits per heavy atom. The summed E-state index contributed by atoms with van der Waals surface area (Å²) in [4.78, 5) is 0.146. The van der Waals surface area contributed by atoms with Gasteiger partial charge in [0.1, 0.15) is 0 Å². The molecule has 0 fully saturated rings. The van der Waals surface area contributed by atoms with Gasteiger partial charge in [-0.3, -0.25) is 0 Å². The van der Waals surface area contributed by atoms with E-state index >= 15 is 0 Å². The number of rotatable bonds is 6. The summed E-state index contributed by atoms with van der Waals surface area (Å²) in [6.07, 6.45) is 0.709. The fourth-order valence-electron chi connectivity index (χ4n) is 1.59. The van der Waals surface area contributed by atoms with E-state index in [4.69, 9.17) is 5.73 Å². The maximum absolute atomic E-state index is 12.0. The zero-order chi connectivity index (χ0) is 15.6. The number of aliphatic hydroxyl groups is 1. The van der Waals surface area contributed by atoms with Gasteiger partial charge in [-0.1, -0.05) is 6.92 Å². The maximum atomic E-state index is 12.0. The number of hydrogen-bond acceptors (Lipinski definition) is 5. The summed E-state index contributed by atoms with van der Waals surface area (Å²) >= 11 is 0. The number of nitrogen functional groups attached to an aromatic ring is 1. The van der Waals surface area contributed by atoms with Crippen molar-refractivity contribution < 1.29 is 13.5 Å². The second-order valence-electron chi connectivity index (χ2n) is 5.23. The first-order valence-electron chi connectivity index (χ1n) is 6.37. The average molecular weight is 301 g/mol. The Kier molecular flexibility index (Phi) is 5.01. The van der Waals surface area contributed by atoms with Gasteiger partial charge in [-0.15, -0.1) is 0 Å². The molecule has 0 aliphatic rings. The van der Waals surface area contributed by atoms with Gasteiger partial charge in [-0.2, -0.15) is 0 Å². The lowest BCUT2D eigenvalue weighted by Crippen LogP contribution is -2.38. The highest BCUT2D eigenvalue weighted by molar-refractivity contribution is 7.89. The summed E-state index contributed by atoms with van der Waals surface area (Å²) < 4.78 is 25.1. The highest BCUT2D eigenvalue weighted by Crippen LogP contribution is 2.27. The third-order valence-electron chi connectivity index (χ3n) is 3.37. The number of aliphatic hydroxyl groups excluding tert-OH is 1. The number of benzene rings is 1. The predicted octanol–water partition coefficient (Wildman–Crippen LogP) is 1.09. The average Bonchev–Trinajstić information content (AvgIpc) is 2.40. The zero-order valence-corrected chi connectivity index (χ0v) is 13.2. The molecule has 1 aromatic carbocycles. The lowest BCUT2D eigenvalue weighted by molar-refractivity contribution is 0.219. The van der Waals surface area contributed by atoms with Crippen LogP contribution in [0.3, 0.4) is 0 Å². The van der Waals surface area contributed by atoms with Crippen LogP contribution in [0.25, 0.3) is 0 Å². The summed E-state index contributed by atoms with van der Waals surface area (Å²) in [6, 6.07) is 4.54. The first-order valence-corrected chi connectivity index (χ1v) is 7.81. The number of nitrogens with zero attached hydrogens (tertiary/aromatic N) is 1. The molecule has 0 aliphatic heterocycles. The number of anilines is 2. The molecule has 1 unspecified atom stereocenters. The lowest BCUT2D eigenvalue weighted by Gasteiger charge is -2.29. The number of nitrogens with two attached hydrogens (primary N) is 1. The molecule has 0 heterocycles. The van der Waals surface area contributed by atoms with Crippen LogP contribution in [0.4, 0.5) is 11.4 Å². The minimum Gasteiger partial charge on any atom is -0.397 e. The Balaban J connectivity index is 3.13. The normalized spacial score (nSPS) is 15.1. The van der Waals surface area contributed by atoms with Gasteiger partial charge in [-0.05, 0) is 31.5 Å². The molecule has 0 saturated carbocycles. The van der Waals surface area contributed by atoms with Crippen molar-refractivity contribution in [2.45, 2.75) is 30.7 Å². The summed E-state index contributed by atoms with van der Waals surface area (Å²) in [7, 11) is -0.555. The fraction of sp³-hybridized carbons (Fsp3) is 0.538. The lowest BCUT2D eigenvalue weighted by atomic mass is 9.99. The molecule has 0 saturated heterocycles. The van der Waals surface area contributed by atoms with E-state index in [2.05, 4.69) is 5.32 Å². The Bertz CT molecular complexity index is 566. The molecule has 7 heteroatoms. The fourth-order valence-corrected chi connectivity index (χ4v) is 2.53. The third kappa shape index (κ3) is 3.41. The topological polar surface area (TPSA) is 95.7 Å². The molecule has 4 N–H and O–H groups in total. The number of hydrogen-bond donors (Lipinski definition) is 3. The van der Waals surface area contributed by atoms with Crippen molar-refractivity contribution in [3.63, 3.8) is 0 Å². The van der Waals surface area contributed by atoms with Gasteiger partial charge >= 0.3 is 0 Å². The van der Waals surface area contributed by atoms with Crippen LogP contribution in [0, 0.1) is 0 Å². The van der Waals surface area contributed by atoms with E-state index in [9.17, 15) is 13.5 Å². The summed E-state index contributed by atoms with van der Waals surface area (Å²) in [6.45, 7) is 3.78. The van der Waals surface area contributed by atoms with Crippen molar-refractivity contribution in [1.29, 1.82) is 0 Å². The first kappa shape index (κ1) is 16.7. The van der Waals surface area contributed by atoms with Crippen molar-refractivity contribution in [3.8, 4) is 0 Å². The second kappa shape index (κ2) is 5.99. The molecule has 0 aromatic heterocycles. The molecule has 0 aliphatic carbocycles. The molecule has 0 amide bonds. The van der Waals surface area contributed by atoms with Gasteiger partial charge in [0.15, 0.2) is 0 Å². The number of sulfonamides is 1. The van der Waals surface area contributed by atoms with Gasteiger partial charge in [0.25, 0.3) is 0 Å². The van der Waals surface area contributed by atoms with Gasteiger partial charge in [0.05, 0.1) is 28.4 Å². The van der Waals surface area contributed by atoms with Crippen LogP contribution in [-0.2, 0) is 10.0 Å².